The summed E-state index contributed by atoms with van der Waals surface area (Å²) in [5.41, 5.74) is 5.28. The van der Waals surface area contributed by atoms with E-state index < -0.39 is 0 Å². The van der Waals surface area contributed by atoms with Crippen molar-refractivity contribution in [1.29, 1.82) is 0 Å². The number of carbonyl (C=O) groups is 2. The number of primary amides is 1. The van der Waals surface area contributed by atoms with Crippen molar-refractivity contribution in [2.75, 3.05) is 13.1 Å². The van der Waals surface area contributed by atoms with Gasteiger partial charge in [0.25, 0.3) is 0 Å². The van der Waals surface area contributed by atoms with E-state index >= 15 is 0 Å². The molecule has 4 nitrogen and oxygen atoms in total. The molecule has 2 N–H and O–H groups in total. The zero-order chi connectivity index (χ0) is 10.8. The quantitative estimate of drug-likeness (QED) is 0.713. The van der Waals surface area contributed by atoms with Crippen LogP contribution in [0.25, 0.3) is 0 Å². The predicted molar refractivity (Wildman–Crippen MR) is 56.1 cm³/mol. The van der Waals surface area contributed by atoms with E-state index in [1.807, 2.05) is 0 Å². The first-order chi connectivity index (χ1) is 7.16. The van der Waals surface area contributed by atoms with Crippen LogP contribution in [0.5, 0.6) is 0 Å². The summed E-state index contributed by atoms with van der Waals surface area (Å²) in [6.07, 6.45) is 4.37. The first-order valence-electron chi connectivity index (χ1n) is 5.72. The summed E-state index contributed by atoms with van der Waals surface area (Å²) < 4.78 is 0. The van der Waals surface area contributed by atoms with Crippen molar-refractivity contribution in [3.8, 4) is 0 Å². The molecule has 4 heteroatoms. The van der Waals surface area contributed by atoms with Crippen LogP contribution in [0.15, 0.2) is 0 Å². The van der Waals surface area contributed by atoms with Crippen LogP contribution in [0.3, 0.4) is 0 Å². The molecule has 1 heterocycles. The third kappa shape index (κ3) is 2.37. The third-order valence-electron chi connectivity index (χ3n) is 3.59. The second kappa shape index (κ2) is 4.31. The Morgan fingerprint density at radius 2 is 2.20 bits per heavy atom. The lowest BCUT2D eigenvalue weighted by molar-refractivity contribution is -0.121. The van der Waals surface area contributed by atoms with Gasteiger partial charge in [0.2, 0.25) is 5.91 Å². The summed E-state index contributed by atoms with van der Waals surface area (Å²) in [6, 6.07) is 0.371. The zero-order valence-corrected chi connectivity index (χ0v) is 8.95. The topological polar surface area (TPSA) is 63.4 Å². The fourth-order valence-electron chi connectivity index (χ4n) is 2.66. The molecule has 0 spiro atoms. The number of hydrogen-bond acceptors (Lipinski definition) is 3. The van der Waals surface area contributed by atoms with E-state index in [4.69, 9.17) is 5.73 Å². The molecule has 0 aromatic carbocycles. The fraction of sp³-hybridized carbons (Fsp3) is 0.818. The standard InChI is InChI=1S/C11H18N2O2/c12-11(15)8-4-5-13(7-8)9-2-1-3-10(14)6-9/h8-9H,1-7H2,(H2,12,15). The smallest absolute Gasteiger partial charge is 0.221 e. The second-order valence-electron chi connectivity index (χ2n) is 4.67. The number of rotatable bonds is 2. The number of ketones is 1. The summed E-state index contributed by atoms with van der Waals surface area (Å²) in [5, 5.41) is 0. The largest absolute Gasteiger partial charge is 0.369 e. The van der Waals surface area contributed by atoms with Crippen LogP contribution in [-0.2, 0) is 9.59 Å². The Kier molecular flexibility index (Phi) is 3.05. The molecule has 1 aliphatic carbocycles. The van der Waals surface area contributed by atoms with Crippen LogP contribution in [0.1, 0.15) is 32.1 Å². The van der Waals surface area contributed by atoms with Crippen LogP contribution in [0.4, 0.5) is 0 Å². The molecule has 2 rings (SSSR count). The molecule has 1 saturated heterocycles. The van der Waals surface area contributed by atoms with Gasteiger partial charge in [0.05, 0.1) is 5.92 Å². The Morgan fingerprint density at radius 3 is 2.80 bits per heavy atom. The molecule has 0 aromatic heterocycles. The maximum Gasteiger partial charge on any atom is 0.221 e. The van der Waals surface area contributed by atoms with Crippen LogP contribution in [-0.4, -0.2) is 35.7 Å². The van der Waals surface area contributed by atoms with Crippen molar-refractivity contribution in [3.63, 3.8) is 0 Å². The number of nitrogens with two attached hydrogens (primary N) is 1. The van der Waals surface area contributed by atoms with E-state index in [2.05, 4.69) is 4.90 Å². The predicted octanol–water partition coefficient (Wildman–Crippen LogP) is 0.305. The number of nitrogens with zero attached hydrogens (tertiary/aromatic N) is 1. The first kappa shape index (κ1) is 10.6. The van der Waals surface area contributed by atoms with Gasteiger partial charge in [0.15, 0.2) is 0 Å². The monoisotopic (exact) mass is 210 g/mol. The number of amides is 1. The maximum atomic E-state index is 11.3. The van der Waals surface area contributed by atoms with Gasteiger partial charge >= 0.3 is 0 Å². The number of likely N-dealkylation sites (tertiary alicyclic amines) is 1. The molecule has 1 amide bonds. The van der Waals surface area contributed by atoms with Gasteiger partial charge in [-0.2, -0.15) is 0 Å². The lowest BCUT2D eigenvalue weighted by Gasteiger charge is -2.30. The average molecular weight is 210 g/mol. The summed E-state index contributed by atoms with van der Waals surface area (Å²) in [5.74, 6) is 0.176. The molecular weight excluding hydrogens is 192 g/mol. The van der Waals surface area contributed by atoms with E-state index in [0.717, 1.165) is 38.8 Å². The zero-order valence-electron chi connectivity index (χ0n) is 8.95. The van der Waals surface area contributed by atoms with Crippen molar-refractivity contribution < 1.29 is 9.59 Å². The molecule has 1 saturated carbocycles. The minimum atomic E-state index is -0.195. The highest BCUT2D eigenvalue weighted by molar-refractivity contribution is 5.80. The summed E-state index contributed by atoms with van der Waals surface area (Å²) in [6.45, 7) is 1.68. The highest BCUT2D eigenvalue weighted by Gasteiger charge is 2.33. The minimum absolute atomic E-state index is 0.00188. The Bertz CT molecular complexity index is 278. The minimum Gasteiger partial charge on any atom is -0.369 e. The Hall–Kier alpha value is -0.900. The average Bonchev–Trinajstić information content (AvgIpc) is 2.66. The normalized spacial score (nSPS) is 33.2. The van der Waals surface area contributed by atoms with Gasteiger partial charge in [-0.3, -0.25) is 14.5 Å². The van der Waals surface area contributed by atoms with Gasteiger partial charge in [-0.1, -0.05) is 0 Å². The van der Waals surface area contributed by atoms with Crippen molar-refractivity contribution in [1.82, 2.24) is 4.90 Å². The summed E-state index contributed by atoms with van der Waals surface area (Å²) >= 11 is 0. The Labute approximate surface area is 89.8 Å². The Balaban J connectivity index is 1.89. The molecule has 84 valence electrons. The van der Waals surface area contributed by atoms with E-state index in [-0.39, 0.29) is 11.8 Å². The summed E-state index contributed by atoms with van der Waals surface area (Å²) in [7, 11) is 0. The van der Waals surface area contributed by atoms with Gasteiger partial charge in [0.1, 0.15) is 5.78 Å². The van der Waals surface area contributed by atoms with Crippen LogP contribution in [0.2, 0.25) is 0 Å². The van der Waals surface area contributed by atoms with Crippen LogP contribution >= 0.6 is 0 Å². The lowest BCUT2D eigenvalue weighted by Crippen LogP contribution is -2.38. The fourth-order valence-corrected chi connectivity index (χ4v) is 2.66. The molecule has 2 unspecified atom stereocenters. The van der Waals surface area contributed by atoms with E-state index in [1.165, 1.54) is 0 Å². The first-order valence-corrected chi connectivity index (χ1v) is 5.72. The highest BCUT2D eigenvalue weighted by Crippen LogP contribution is 2.26. The molecule has 1 aliphatic heterocycles. The number of hydrogen-bond donors (Lipinski definition) is 1. The molecular formula is C11H18N2O2. The van der Waals surface area contributed by atoms with Crippen LogP contribution in [0, 0.1) is 5.92 Å². The Morgan fingerprint density at radius 1 is 1.40 bits per heavy atom. The molecule has 0 bridgehead atoms. The van der Waals surface area contributed by atoms with E-state index in [0.29, 0.717) is 18.2 Å². The highest BCUT2D eigenvalue weighted by atomic mass is 16.1. The van der Waals surface area contributed by atoms with E-state index in [1.54, 1.807) is 0 Å². The second-order valence-corrected chi connectivity index (χ2v) is 4.67. The van der Waals surface area contributed by atoms with Crippen LogP contribution < -0.4 is 5.73 Å². The number of carbonyl (C=O) groups excluding carboxylic acids is 2. The number of Topliss-reactive ketones (excluding diaryl/α,β-unsaturated/α-hetero) is 1. The van der Waals surface area contributed by atoms with Crippen molar-refractivity contribution in [3.05, 3.63) is 0 Å². The van der Waals surface area contributed by atoms with Gasteiger partial charge in [0, 0.05) is 25.4 Å². The molecule has 0 radical (unpaired) electrons. The van der Waals surface area contributed by atoms with Crippen molar-refractivity contribution in [2.24, 2.45) is 11.7 Å². The van der Waals surface area contributed by atoms with Gasteiger partial charge < -0.3 is 5.73 Å². The molecule has 15 heavy (non-hydrogen) atoms. The van der Waals surface area contributed by atoms with Gasteiger partial charge in [-0.05, 0) is 25.8 Å². The van der Waals surface area contributed by atoms with Crippen molar-refractivity contribution in [2.45, 2.75) is 38.1 Å². The summed E-state index contributed by atoms with van der Waals surface area (Å²) in [4.78, 5) is 24.6. The van der Waals surface area contributed by atoms with Gasteiger partial charge in [-0.25, -0.2) is 0 Å². The SMILES string of the molecule is NC(=O)C1CCN(C2CCCC(=O)C2)C1. The van der Waals surface area contributed by atoms with E-state index in [9.17, 15) is 9.59 Å². The molecule has 2 atom stereocenters. The van der Waals surface area contributed by atoms with Crippen molar-refractivity contribution >= 4 is 11.7 Å². The van der Waals surface area contributed by atoms with Gasteiger partial charge in [-0.15, -0.1) is 0 Å². The molecule has 2 fully saturated rings. The third-order valence-corrected chi connectivity index (χ3v) is 3.59. The maximum absolute atomic E-state index is 11.3. The lowest BCUT2D eigenvalue weighted by atomic mass is 9.93. The molecule has 2 aliphatic rings. The molecule has 0 aromatic rings.